The van der Waals surface area contributed by atoms with Crippen molar-refractivity contribution in [1.82, 2.24) is 30.2 Å². The van der Waals surface area contributed by atoms with E-state index in [0.717, 1.165) is 29.0 Å². The first-order valence-electron chi connectivity index (χ1n) is 16.6. The van der Waals surface area contributed by atoms with E-state index in [2.05, 4.69) is 39.2 Å². The largest absolute Gasteiger partial charge is 0.481 e. The molecule has 0 aromatic carbocycles. The summed E-state index contributed by atoms with van der Waals surface area (Å²) >= 11 is 0.977. The van der Waals surface area contributed by atoms with Gasteiger partial charge in [-0.15, -0.1) is 0 Å². The van der Waals surface area contributed by atoms with E-state index in [4.69, 9.17) is 19.5 Å². The minimum atomic E-state index is -5.58. The van der Waals surface area contributed by atoms with Crippen molar-refractivity contribution in [2.45, 2.75) is 70.2 Å². The molecule has 26 nitrogen and oxygen atoms in total. The third-order valence-corrected chi connectivity index (χ3v) is 11.8. The summed E-state index contributed by atoms with van der Waals surface area (Å²) in [6.45, 7) is 0.336. The van der Waals surface area contributed by atoms with Gasteiger partial charge in [-0.05, 0) is 6.42 Å². The molecule has 0 aliphatic carbocycles. The lowest BCUT2D eigenvalue weighted by Gasteiger charge is -2.30. The van der Waals surface area contributed by atoms with Gasteiger partial charge in [-0.25, -0.2) is 28.6 Å². The summed E-state index contributed by atoms with van der Waals surface area (Å²) in [6.07, 6.45) is -6.41. The monoisotopic (exact) mass is 895 g/mol. The number of nitrogens with zero attached hydrogens (tertiary/aromatic N) is 4. The van der Waals surface area contributed by atoms with Crippen molar-refractivity contribution in [1.29, 1.82) is 0 Å². The third-order valence-electron chi connectivity index (χ3n) is 7.75. The predicted molar refractivity (Wildman–Crippen MR) is 193 cm³/mol. The summed E-state index contributed by atoms with van der Waals surface area (Å²) in [5.74, 6) is -1.68. The Bertz CT molecular complexity index is 1880. The molecule has 0 bridgehead atoms. The number of carbonyl (C=O) groups excluding carboxylic acids is 4. The van der Waals surface area contributed by atoms with Crippen molar-refractivity contribution in [2.24, 2.45) is 5.41 Å². The van der Waals surface area contributed by atoms with E-state index in [1.807, 2.05) is 0 Å². The lowest BCUT2D eigenvalue weighted by molar-refractivity contribution is -0.140. The third kappa shape index (κ3) is 15.3. The summed E-state index contributed by atoms with van der Waals surface area (Å²) in [4.78, 5) is 98.4. The maximum atomic E-state index is 12.7. The lowest BCUT2D eigenvalue weighted by Crippen LogP contribution is -2.46. The molecular formula is C27H44N7O19P3S. The highest BCUT2D eigenvalue weighted by Gasteiger charge is 2.50. The number of anilines is 1. The fourth-order valence-electron chi connectivity index (χ4n) is 4.85. The highest BCUT2D eigenvalue weighted by atomic mass is 32.2. The lowest BCUT2D eigenvalue weighted by atomic mass is 9.87. The van der Waals surface area contributed by atoms with Crippen LogP contribution in [0.1, 0.15) is 45.8 Å². The summed E-state index contributed by atoms with van der Waals surface area (Å²) in [6, 6.07) is 0. The average molecular weight is 896 g/mol. The standard InChI is InChI=1S/C27H44N7O19P3S/c1-27(2,22(39)25(40)30-8-7-16(35)29-9-10-57-18(37)6-4-5-17(36)48-3)12-50-56(46,47)53-55(44,45)49-11-15-21(52-54(41,42)43)20(38)26(51-15)34-14-33-19-23(28)31-13-32-24(19)34/h13-15,20-22,26,38-39H,4-12H2,1-3H3,(H,29,35)(H,30,40)(H,44,45)(H,46,47)(H2,28,31,32)(H2,41,42,43). The number of carbonyl (C=O) groups is 4. The number of amides is 2. The SMILES string of the molecule is COC(=O)CCCC(=O)SCCNC(=O)CCNC(=O)C(O)C(C)(C)COP(=O)(O)OP(=O)(O)OCC1OC(n2cnc3c(N)ncnc32)C(O)C1OP(=O)(O)O. The number of aromatic nitrogens is 4. The second-order valence-electron chi connectivity index (χ2n) is 12.7. The van der Waals surface area contributed by atoms with Gasteiger partial charge in [0.1, 0.15) is 36.3 Å². The number of nitrogen functional groups attached to an aromatic ring is 1. The number of phosphoric acid groups is 3. The van der Waals surface area contributed by atoms with Gasteiger partial charge < -0.3 is 55.6 Å². The summed E-state index contributed by atoms with van der Waals surface area (Å²) in [5, 5.41) is 26.1. The van der Waals surface area contributed by atoms with Crippen molar-refractivity contribution in [2.75, 3.05) is 44.9 Å². The number of imidazole rings is 1. The molecule has 0 radical (unpaired) electrons. The second kappa shape index (κ2) is 20.8. The molecule has 57 heavy (non-hydrogen) atoms. The molecule has 3 heterocycles. The van der Waals surface area contributed by atoms with Gasteiger partial charge in [0.05, 0.1) is 26.7 Å². The van der Waals surface area contributed by atoms with E-state index in [1.54, 1.807) is 0 Å². The number of nitrogens with one attached hydrogen (secondary N) is 2. The zero-order chi connectivity index (χ0) is 42.8. The first kappa shape index (κ1) is 48.4. The number of fused-ring (bicyclic) bond motifs is 1. The number of rotatable bonds is 23. The Morgan fingerprint density at radius 1 is 1.02 bits per heavy atom. The molecule has 2 aromatic heterocycles. The van der Waals surface area contributed by atoms with Crippen molar-refractivity contribution in [3.8, 4) is 0 Å². The van der Waals surface area contributed by atoms with E-state index >= 15 is 0 Å². The number of nitrogens with two attached hydrogens (primary N) is 1. The molecule has 1 saturated heterocycles. The molecule has 3 rings (SSSR count). The van der Waals surface area contributed by atoms with E-state index in [9.17, 15) is 62.7 Å². The molecule has 1 fully saturated rings. The summed E-state index contributed by atoms with van der Waals surface area (Å²) in [7, 11) is -15.2. The zero-order valence-electron chi connectivity index (χ0n) is 30.5. The maximum absolute atomic E-state index is 12.7. The van der Waals surface area contributed by atoms with Gasteiger partial charge in [0.15, 0.2) is 22.8 Å². The number of esters is 1. The summed E-state index contributed by atoms with van der Waals surface area (Å²) < 4.78 is 66.5. The quantitative estimate of drug-likeness (QED) is 0.0367. The molecule has 2 amide bonds. The molecule has 322 valence electrons. The van der Waals surface area contributed by atoms with Gasteiger partial charge in [0, 0.05) is 43.5 Å². The van der Waals surface area contributed by atoms with Crippen LogP contribution in [0.4, 0.5) is 5.82 Å². The molecule has 2 aromatic rings. The number of methoxy groups -OCH3 is 1. The number of thioether (sulfide) groups is 1. The van der Waals surface area contributed by atoms with Crippen LogP contribution >= 0.6 is 35.2 Å². The van der Waals surface area contributed by atoms with Crippen molar-refractivity contribution in [3.63, 3.8) is 0 Å². The Balaban J connectivity index is 1.46. The maximum Gasteiger partial charge on any atom is 0.481 e. The Kier molecular flexibility index (Phi) is 17.7. The fraction of sp³-hybridized carbons (Fsp3) is 0.667. The molecule has 7 unspecified atom stereocenters. The molecule has 10 N–H and O–H groups in total. The van der Waals surface area contributed by atoms with Crippen molar-refractivity contribution < 1.29 is 90.0 Å². The predicted octanol–water partition coefficient (Wildman–Crippen LogP) is -0.992. The number of ether oxygens (including phenoxy) is 2. The topological polar surface area (TPSA) is 390 Å². The Hall–Kier alpha value is -2.97. The fourth-order valence-corrected chi connectivity index (χ4v) is 8.40. The average Bonchev–Trinajstić information content (AvgIpc) is 3.68. The van der Waals surface area contributed by atoms with Gasteiger partial charge in [0.25, 0.3) is 0 Å². The highest BCUT2D eigenvalue weighted by molar-refractivity contribution is 8.13. The van der Waals surface area contributed by atoms with Crippen LogP contribution in [0, 0.1) is 5.41 Å². The molecule has 7 atom stereocenters. The minimum Gasteiger partial charge on any atom is -0.469 e. The van der Waals surface area contributed by atoms with Gasteiger partial charge >= 0.3 is 29.4 Å². The molecule has 0 saturated carbocycles. The Morgan fingerprint density at radius 3 is 2.37 bits per heavy atom. The van der Waals surface area contributed by atoms with Crippen LogP contribution in [0.5, 0.6) is 0 Å². The van der Waals surface area contributed by atoms with Crippen LogP contribution in [0.25, 0.3) is 11.2 Å². The van der Waals surface area contributed by atoms with Crippen LogP contribution in [0.3, 0.4) is 0 Å². The molecule has 30 heteroatoms. The van der Waals surface area contributed by atoms with E-state index in [1.165, 1.54) is 21.0 Å². The van der Waals surface area contributed by atoms with Gasteiger partial charge in [-0.3, -0.25) is 37.3 Å². The van der Waals surface area contributed by atoms with Crippen LogP contribution in [0.2, 0.25) is 0 Å². The molecule has 1 aliphatic heterocycles. The van der Waals surface area contributed by atoms with Crippen LogP contribution < -0.4 is 16.4 Å². The minimum absolute atomic E-state index is 0.0234. The van der Waals surface area contributed by atoms with E-state index < -0.39 is 90.5 Å². The number of phosphoric ester groups is 3. The van der Waals surface area contributed by atoms with Gasteiger partial charge in [0.2, 0.25) is 11.8 Å². The smallest absolute Gasteiger partial charge is 0.469 e. The number of hydrogen-bond acceptors (Lipinski definition) is 20. The van der Waals surface area contributed by atoms with E-state index in [0.29, 0.717) is 6.42 Å². The summed E-state index contributed by atoms with van der Waals surface area (Å²) in [5.41, 5.74) is 4.22. The molecular weight excluding hydrogens is 851 g/mol. The molecule has 0 spiro atoms. The van der Waals surface area contributed by atoms with Crippen LogP contribution in [-0.2, 0) is 60.2 Å². The highest BCUT2D eigenvalue weighted by Crippen LogP contribution is 2.61. The Morgan fingerprint density at radius 2 is 1.70 bits per heavy atom. The van der Waals surface area contributed by atoms with E-state index in [-0.39, 0.29) is 60.2 Å². The normalized spacial score (nSPS) is 21.4. The Labute approximate surface area is 328 Å². The first-order valence-corrected chi connectivity index (χ1v) is 22.1. The first-order chi connectivity index (χ1) is 26.4. The van der Waals surface area contributed by atoms with Gasteiger partial charge in [-0.2, -0.15) is 4.31 Å². The van der Waals surface area contributed by atoms with Crippen LogP contribution in [-0.4, -0.2) is 136 Å². The molecule has 1 aliphatic rings. The van der Waals surface area contributed by atoms with Gasteiger partial charge in [-0.1, -0.05) is 25.6 Å². The van der Waals surface area contributed by atoms with Crippen LogP contribution in [0.15, 0.2) is 12.7 Å². The van der Waals surface area contributed by atoms with Crippen molar-refractivity contribution in [3.05, 3.63) is 12.7 Å². The number of aliphatic hydroxyl groups is 2. The number of aliphatic hydroxyl groups excluding tert-OH is 2. The zero-order valence-corrected chi connectivity index (χ0v) is 34.0. The van der Waals surface area contributed by atoms with Crippen molar-refractivity contribution >= 4 is 75.1 Å². The second-order valence-corrected chi connectivity index (χ2v) is 18.1. The number of hydrogen-bond donors (Lipinski definition) is 9.